The SMILES string of the molecule is COc1cc(CNS(=O)(=O)c2ccc(C)cc2)ccc1OC(F)F. The molecule has 0 aliphatic heterocycles. The Kier molecular flexibility index (Phi) is 5.74. The molecule has 8 heteroatoms. The third kappa shape index (κ3) is 4.65. The zero-order valence-electron chi connectivity index (χ0n) is 13.1. The Morgan fingerprint density at radius 1 is 1.08 bits per heavy atom. The molecule has 0 atom stereocenters. The minimum Gasteiger partial charge on any atom is -0.493 e. The second-order valence-electron chi connectivity index (χ2n) is 5.00. The highest BCUT2D eigenvalue weighted by atomic mass is 32.2. The summed E-state index contributed by atoms with van der Waals surface area (Å²) >= 11 is 0. The lowest BCUT2D eigenvalue weighted by molar-refractivity contribution is -0.0512. The van der Waals surface area contributed by atoms with Crippen LogP contribution >= 0.6 is 0 Å². The molecule has 24 heavy (non-hydrogen) atoms. The van der Waals surface area contributed by atoms with Gasteiger partial charge < -0.3 is 9.47 Å². The van der Waals surface area contributed by atoms with E-state index in [1.807, 2.05) is 6.92 Å². The Labute approximate surface area is 139 Å². The molecule has 0 amide bonds. The maximum atomic E-state index is 12.3. The highest BCUT2D eigenvalue weighted by Crippen LogP contribution is 2.29. The predicted octanol–water partition coefficient (Wildman–Crippen LogP) is 3.08. The number of ether oxygens (including phenoxy) is 2. The fourth-order valence-electron chi connectivity index (χ4n) is 1.99. The van der Waals surface area contributed by atoms with Crippen LogP contribution in [-0.4, -0.2) is 22.1 Å². The van der Waals surface area contributed by atoms with Crippen molar-refractivity contribution in [1.29, 1.82) is 0 Å². The third-order valence-electron chi connectivity index (χ3n) is 3.24. The van der Waals surface area contributed by atoms with Crippen LogP contribution < -0.4 is 14.2 Å². The summed E-state index contributed by atoms with van der Waals surface area (Å²) in [4.78, 5) is 0.151. The number of alkyl halides is 2. The summed E-state index contributed by atoms with van der Waals surface area (Å²) in [6, 6.07) is 10.7. The Morgan fingerprint density at radius 3 is 2.33 bits per heavy atom. The molecule has 130 valence electrons. The highest BCUT2D eigenvalue weighted by molar-refractivity contribution is 7.89. The molecule has 2 rings (SSSR count). The number of sulfonamides is 1. The minimum absolute atomic E-state index is 0.0124. The lowest BCUT2D eigenvalue weighted by atomic mass is 10.2. The summed E-state index contributed by atoms with van der Waals surface area (Å²) in [6.07, 6.45) is 0. The molecule has 0 aliphatic carbocycles. The van der Waals surface area contributed by atoms with Crippen LogP contribution in [0.2, 0.25) is 0 Å². The van der Waals surface area contributed by atoms with Crippen molar-refractivity contribution in [1.82, 2.24) is 4.72 Å². The van der Waals surface area contributed by atoms with E-state index in [9.17, 15) is 17.2 Å². The molecule has 1 N–H and O–H groups in total. The fourth-order valence-corrected chi connectivity index (χ4v) is 3.01. The van der Waals surface area contributed by atoms with Crippen LogP contribution in [0.3, 0.4) is 0 Å². The lowest BCUT2D eigenvalue weighted by Gasteiger charge is -2.12. The van der Waals surface area contributed by atoms with E-state index >= 15 is 0 Å². The van der Waals surface area contributed by atoms with Crippen molar-refractivity contribution in [3.63, 3.8) is 0 Å². The van der Waals surface area contributed by atoms with Crippen molar-refractivity contribution >= 4 is 10.0 Å². The van der Waals surface area contributed by atoms with Crippen LogP contribution in [0.5, 0.6) is 11.5 Å². The van der Waals surface area contributed by atoms with Crippen LogP contribution in [-0.2, 0) is 16.6 Å². The molecule has 0 spiro atoms. The molecule has 0 radical (unpaired) electrons. The topological polar surface area (TPSA) is 64.6 Å². The van der Waals surface area contributed by atoms with Gasteiger partial charge in [-0.1, -0.05) is 23.8 Å². The quantitative estimate of drug-likeness (QED) is 0.827. The van der Waals surface area contributed by atoms with Crippen LogP contribution in [0.1, 0.15) is 11.1 Å². The van der Waals surface area contributed by atoms with Crippen molar-refractivity contribution in [2.75, 3.05) is 7.11 Å². The summed E-state index contributed by atoms with van der Waals surface area (Å²) in [5, 5.41) is 0. The summed E-state index contributed by atoms with van der Waals surface area (Å²) < 4.78 is 60.8. The Bertz CT molecular complexity index is 792. The second-order valence-corrected chi connectivity index (χ2v) is 6.77. The first-order valence-electron chi connectivity index (χ1n) is 7.00. The van der Waals surface area contributed by atoms with Gasteiger partial charge in [0.2, 0.25) is 10.0 Å². The Balaban J connectivity index is 2.12. The predicted molar refractivity (Wildman–Crippen MR) is 84.8 cm³/mol. The summed E-state index contributed by atoms with van der Waals surface area (Å²) in [5.74, 6) is -0.0139. The van der Waals surface area contributed by atoms with E-state index in [1.165, 1.54) is 37.4 Å². The van der Waals surface area contributed by atoms with Gasteiger partial charge in [-0.15, -0.1) is 0 Å². The van der Waals surface area contributed by atoms with Crippen molar-refractivity contribution in [3.05, 3.63) is 53.6 Å². The standard InChI is InChI=1S/C16H17F2NO4S/c1-11-3-6-13(7-4-11)24(20,21)19-10-12-5-8-14(23-16(17)18)15(9-12)22-2/h3-9,16,19H,10H2,1-2H3. The smallest absolute Gasteiger partial charge is 0.387 e. The summed E-state index contributed by atoms with van der Waals surface area (Å²) in [6.45, 7) is -1.12. The third-order valence-corrected chi connectivity index (χ3v) is 4.66. The minimum atomic E-state index is -3.67. The van der Waals surface area contributed by atoms with Crippen LogP contribution in [0.4, 0.5) is 8.78 Å². The number of hydrogen-bond acceptors (Lipinski definition) is 4. The number of hydrogen-bond donors (Lipinski definition) is 1. The van der Waals surface area contributed by atoms with E-state index < -0.39 is 16.6 Å². The molecule has 0 saturated carbocycles. The largest absolute Gasteiger partial charge is 0.493 e. The van der Waals surface area contributed by atoms with E-state index in [0.29, 0.717) is 5.56 Å². The monoisotopic (exact) mass is 357 g/mol. The number of benzene rings is 2. The lowest BCUT2D eigenvalue weighted by Crippen LogP contribution is -2.23. The zero-order chi connectivity index (χ0) is 17.7. The van der Waals surface area contributed by atoms with Crippen molar-refractivity contribution in [3.8, 4) is 11.5 Å². The van der Waals surface area contributed by atoms with Gasteiger partial charge in [0.25, 0.3) is 0 Å². The molecule has 0 saturated heterocycles. The van der Waals surface area contributed by atoms with Gasteiger partial charge in [-0.05, 0) is 36.8 Å². The number of nitrogens with one attached hydrogen (secondary N) is 1. The van der Waals surface area contributed by atoms with Gasteiger partial charge in [-0.25, -0.2) is 13.1 Å². The van der Waals surface area contributed by atoms with Crippen LogP contribution in [0, 0.1) is 6.92 Å². The number of halogens is 2. The number of aryl methyl sites for hydroxylation is 1. The first-order valence-corrected chi connectivity index (χ1v) is 8.48. The van der Waals surface area contributed by atoms with Gasteiger partial charge in [0.1, 0.15) is 0 Å². The average molecular weight is 357 g/mol. The van der Waals surface area contributed by atoms with E-state index in [4.69, 9.17) is 4.74 Å². The molecule has 0 unspecified atom stereocenters. The maximum Gasteiger partial charge on any atom is 0.387 e. The molecule has 0 aliphatic rings. The molecule has 0 heterocycles. The van der Waals surface area contributed by atoms with Gasteiger partial charge in [0.05, 0.1) is 12.0 Å². The molecule has 0 aromatic heterocycles. The van der Waals surface area contributed by atoms with Gasteiger partial charge in [0.15, 0.2) is 11.5 Å². The van der Waals surface area contributed by atoms with Gasteiger partial charge in [-0.3, -0.25) is 0 Å². The molecule has 0 fully saturated rings. The molecular weight excluding hydrogens is 340 g/mol. The summed E-state index contributed by atoms with van der Waals surface area (Å²) in [7, 11) is -2.35. The average Bonchev–Trinajstić information content (AvgIpc) is 2.54. The second kappa shape index (κ2) is 7.59. The van der Waals surface area contributed by atoms with E-state index in [2.05, 4.69) is 9.46 Å². The molecule has 0 bridgehead atoms. The normalized spacial score (nSPS) is 11.5. The summed E-state index contributed by atoms with van der Waals surface area (Å²) in [5.41, 5.74) is 1.50. The van der Waals surface area contributed by atoms with E-state index in [0.717, 1.165) is 5.56 Å². The van der Waals surface area contributed by atoms with Crippen molar-refractivity contribution < 1.29 is 26.7 Å². The van der Waals surface area contributed by atoms with Crippen LogP contribution in [0.25, 0.3) is 0 Å². The first-order chi connectivity index (χ1) is 11.3. The van der Waals surface area contributed by atoms with Crippen molar-refractivity contribution in [2.24, 2.45) is 0 Å². The molecule has 2 aromatic carbocycles. The van der Waals surface area contributed by atoms with E-state index in [1.54, 1.807) is 12.1 Å². The highest BCUT2D eigenvalue weighted by Gasteiger charge is 2.15. The molecule has 5 nitrogen and oxygen atoms in total. The Morgan fingerprint density at radius 2 is 1.75 bits per heavy atom. The number of methoxy groups -OCH3 is 1. The number of rotatable bonds is 7. The van der Waals surface area contributed by atoms with Crippen molar-refractivity contribution in [2.45, 2.75) is 25.0 Å². The first kappa shape index (κ1) is 18.2. The molecule has 2 aromatic rings. The molecular formula is C16H17F2NO4S. The maximum absolute atomic E-state index is 12.3. The van der Waals surface area contributed by atoms with Gasteiger partial charge in [0, 0.05) is 6.54 Å². The van der Waals surface area contributed by atoms with Gasteiger partial charge >= 0.3 is 6.61 Å². The Hall–Kier alpha value is -2.19. The van der Waals surface area contributed by atoms with Crippen LogP contribution in [0.15, 0.2) is 47.4 Å². The van der Waals surface area contributed by atoms with Gasteiger partial charge in [-0.2, -0.15) is 8.78 Å². The zero-order valence-corrected chi connectivity index (χ0v) is 13.9. The van der Waals surface area contributed by atoms with E-state index in [-0.39, 0.29) is 22.9 Å². The fraction of sp³-hybridized carbons (Fsp3) is 0.250.